The number of amides is 2. The van der Waals surface area contributed by atoms with Gasteiger partial charge in [-0.1, -0.05) is 6.07 Å². The van der Waals surface area contributed by atoms with E-state index in [0.29, 0.717) is 0 Å². The molecule has 1 aliphatic rings. The normalized spacial score (nSPS) is 16.5. The minimum Gasteiger partial charge on any atom is -0.349 e. The number of rotatable bonds is 5. The van der Waals surface area contributed by atoms with Gasteiger partial charge in [0, 0.05) is 31.6 Å². The van der Waals surface area contributed by atoms with Gasteiger partial charge in [-0.3, -0.25) is 9.59 Å². The Morgan fingerprint density at radius 2 is 2.00 bits per heavy atom. The lowest BCUT2D eigenvalue weighted by atomic mass is 10.00. The first-order valence-corrected chi connectivity index (χ1v) is 8.07. The molecule has 2 N–H and O–H groups in total. The van der Waals surface area contributed by atoms with Crippen molar-refractivity contribution in [2.75, 3.05) is 20.1 Å². The van der Waals surface area contributed by atoms with Crippen LogP contribution < -0.4 is 10.6 Å². The van der Waals surface area contributed by atoms with Gasteiger partial charge in [-0.2, -0.15) is 0 Å². The van der Waals surface area contributed by atoms with Crippen LogP contribution in [0, 0.1) is 11.6 Å². The van der Waals surface area contributed by atoms with Gasteiger partial charge in [-0.15, -0.1) is 0 Å². The van der Waals surface area contributed by atoms with E-state index in [4.69, 9.17) is 0 Å². The Morgan fingerprint density at radius 1 is 1.33 bits per heavy atom. The zero-order chi connectivity index (χ0) is 17.7. The summed E-state index contributed by atoms with van der Waals surface area (Å²) in [6, 6.07) is 2.46. The molecule has 2 amide bonds. The lowest BCUT2D eigenvalue weighted by Gasteiger charge is -2.32. The van der Waals surface area contributed by atoms with E-state index in [-0.39, 0.29) is 29.8 Å². The number of carbonyl (C=O) groups excluding carboxylic acids is 2. The zero-order valence-corrected chi connectivity index (χ0v) is 13.9. The quantitative estimate of drug-likeness (QED) is 0.859. The molecule has 0 spiro atoms. The van der Waals surface area contributed by atoms with Crippen molar-refractivity contribution in [3.05, 3.63) is 35.4 Å². The van der Waals surface area contributed by atoms with Crippen LogP contribution in [0.15, 0.2) is 18.2 Å². The highest BCUT2D eigenvalue weighted by Gasteiger charge is 2.26. The number of halogens is 2. The fourth-order valence-corrected chi connectivity index (χ4v) is 2.98. The molecular weight excluding hydrogens is 316 g/mol. The maximum Gasteiger partial charge on any atom is 0.224 e. The van der Waals surface area contributed by atoms with Gasteiger partial charge >= 0.3 is 0 Å². The summed E-state index contributed by atoms with van der Waals surface area (Å²) in [5, 5.41) is 5.82. The van der Waals surface area contributed by atoms with Crippen molar-refractivity contribution in [1.82, 2.24) is 15.5 Å². The molecule has 1 aliphatic heterocycles. The molecule has 132 valence electrons. The number of nitrogens with one attached hydrogen (secondary N) is 2. The summed E-state index contributed by atoms with van der Waals surface area (Å²) in [5.41, 5.74) is 0.110. The van der Waals surface area contributed by atoms with Gasteiger partial charge in [0.15, 0.2) is 0 Å². The number of carbonyl (C=O) groups is 2. The van der Waals surface area contributed by atoms with Crippen LogP contribution in [0.25, 0.3) is 0 Å². The summed E-state index contributed by atoms with van der Waals surface area (Å²) in [7, 11) is 1.73. The van der Waals surface area contributed by atoms with Crippen molar-refractivity contribution in [2.24, 2.45) is 0 Å². The van der Waals surface area contributed by atoms with E-state index in [2.05, 4.69) is 10.6 Å². The number of hydrogen-bond donors (Lipinski definition) is 2. The van der Waals surface area contributed by atoms with Gasteiger partial charge in [0.1, 0.15) is 11.6 Å². The van der Waals surface area contributed by atoms with E-state index in [1.54, 1.807) is 11.9 Å². The van der Waals surface area contributed by atoms with E-state index in [1.807, 2.05) is 0 Å². The monoisotopic (exact) mass is 339 g/mol. The molecule has 1 fully saturated rings. The predicted molar refractivity (Wildman–Crippen MR) is 86.2 cm³/mol. The Labute approximate surface area is 140 Å². The first-order chi connectivity index (χ1) is 11.4. The van der Waals surface area contributed by atoms with Crippen molar-refractivity contribution < 1.29 is 18.4 Å². The van der Waals surface area contributed by atoms with Crippen LogP contribution >= 0.6 is 0 Å². The second-order valence-electron chi connectivity index (χ2n) is 6.11. The summed E-state index contributed by atoms with van der Waals surface area (Å²) < 4.78 is 27.1. The topological polar surface area (TPSA) is 61.4 Å². The Balaban J connectivity index is 2.12. The third-order valence-corrected chi connectivity index (χ3v) is 4.34. The zero-order valence-electron chi connectivity index (χ0n) is 13.9. The van der Waals surface area contributed by atoms with Crippen LogP contribution in [0.2, 0.25) is 0 Å². The third kappa shape index (κ3) is 4.74. The fourth-order valence-electron chi connectivity index (χ4n) is 2.98. The second kappa shape index (κ2) is 8.19. The molecule has 5 nitrogen and oxygen atoms in total. The molecule has 24 heavy (non-hydrogen) atoms. The fraction of sp³-hybridized carbons (Fsp3) is 0.529. The third-order valence-electron chi connectivity index (χ3n) is 4.34. The largest absolute Gasteiger partial charge is 0.349 e. The Bertz CT molecular complexity index is 603. The summed E-state index contributed by atoms with van der Waals surface area (Å²) in [5.74, 6) is -2.02. The van der Waals surface area contributed by atoms with Gasteiger partial charge in [0.05, 0.1) is 12.5 Å². The maximum atomic E-state index is 14.0. The minimum absolute atomic E-state index is 0.0669. The number of hydrogen-bond acceptors (Lipinski definition) is 3. The van der Waals surface area contributed by atoms with Crippen molar-refractivity contribution in [3.8, 4) is 0 Å². The van der Waals surface area contributed by atoms with Crippen molar-refractivity contribution in [3.63, 3.8) is 0 Å². The van der Waals surface area contributed by atoms with Crippen LogP contribution in [-0.4, -0.2) is 42.9 Å². The van der Waals surface area contributed by atoms with Crippen molar-refractivity contribution in [2.45, 2.75) is 38.3 Å². The number of benzene rings is 1. The van der Waals surface area contributed by atoms with Crippen LogP contribution in [0.1, 0.15) is 37.8 Å². The van der Waals surface area contributed by atoms with E-state index >= 15 is 0 Å². The molecule has 0 aliphatic carbocycles. The van der Waals surface area contributed by atoms with Gasteiger partial charge in [-0.25, -0.2) is 8.78 Å². The van der Waals surface area contributed by atoms with Crippen LogP contribution in [-0.2, 0) is 9.59 Å². The number of piperidine rings is 1. The van der Waals surface area contributed by atoms with E-state index in [0.717, 1.165) is 38.1 Å². The highest BCUT2D eigenvalue weighted by Crippen LogP contribution is 2.23. The Kier molecular flexibility index (Phi) is 6.25. The van der Waals surface area contributed by atoms with Crippen molar-refractivity contribution in [1.29, 1.82) is 0 Å². The molecule has 7 heteroatoms. The molecule has 1 saturated heterocycles. The SMILES string of the molecule is CC(=O)NC(CC(=O)N(C)C1CCNCC1)c1ccc(F)cc1F. The molecule has 0 radical (unpaired) electrons. The Morgan fingerprint density at radius 3 is 2.58 bits per heavy atom. The summed E-state index contributed by atoms with van der Waals surface area (Å²) >= 11 is 0. The minimum atomic E-state index is -0.820. The average Bonchev–Trinajstić information content (AvgIpc) is 2.54. The van der Waals surface area contributed by atoms with Gasteiger partial charge in [-0.05, 0) is 32.0 Å². The standard InChI is InChI=1S/C17H23F2N3O2/c1-11(23)21-16(14-4-3-12(18)9-15(14)19)10-17(24)22(2)13-5-7-20-8-6-13/h3-4,9,13,16,20H,5-8,10H2,1-2H3,(H,21,23). The summed E-state index contributed by atoms with van der Waals surface area (Å²) in [6.45, 7) is 3.00. The lowest BCUT2D eigenvalue weighted by molar-refractivity contribution is -0.133. The molecule has 0 saturated carbocycles. The molecule has 0 aromatic heterocycles. The summed E-state index contributed by atoms with van der Waals surface area (Å²) in [6.07, 6.45) is 1.65. The maximum absolute atomic E-state index is 14.0. The highest BCUT2D eigenvalue weighted by molar-refractivity contribution is 5.79. The molecule has 1 heterocycles. The molecule has 1 atom stereocenters. The van der Waals surface area contributed by atoms with E-state index in [9.17, 15) is 18.4 Å². The Hall–Kier alpha value is -2.02. The van der Waals surface area contributed by atoms with Crippen LogP contribution in [0.3, 0.4) is 0 Å². The van der Waals surface area contributed by atoms with Crippen molar-refractivity contribution >= 4 is 11.8 Å². The molecular formula is C17H23F2N3O2. The summed E-state index contributed by atoms with van der Waals surface area (Å²) in [4.78, 5) is 25.6. The molecule has 1 aromatic rings. The molecule has 1 unspecified atom stereocenters. The lowest BCUT2D eigenvalue weighted by Crippen LogP contribution is -2.45. The first-order valence-electron chi connectivity index (χ1n) is 8.07. The second-order valence-corrected chi connectivity index (χ2v) is 6.11. The predicted octanol–water partition coefficient (Wildman–Crippen LogP) is 1.74. The van der Waals surface area contributed by atoms with Gasteiger partial charge < -0.3 is 15.5 Å². The molecule has 0 bridgehead atoms. The van der Waals surface area contributed by atoms with Gasteiger partial charge in [0.25, 0.3) is 0 Å². The molecule has 1 aromatic carbocycles. The van der Waals surface area contributed by atoms with Gasteiger partial charge in [0.2, 0.25) is 11.8 Å². The van der Waals surface area contributed by atoms with Crippen LogP contribution in [0.5, 0.6) is 0 Å². The smallest absolute Gasteiger partial charge is 0.224 e. The molecule has 2 rings (SSSR count). The van der Waals surface area contributed by atoms with Crippen LogP contribution in [0.4, 0.5) is 8.78 Å². The number of nitrogens with zero attached hydrogens (tertiary/aromatic N) is 1. The highest BCUT2D eigenvalue weighted by atomic mass is 19.1. The van der Waals surface area contributed by atoms with E-state index < -0.39 is 17.7 Å². The first kappa shape index (κ1) is 18.3. The average molecular weight is 339 g/mol. The van der Waals surface area contributed by atoms with E-state index in [1.165, 1.54) is 13.0 Å².